The molecule has 0 amide bonds. The number of aliphatic hydroxyl groups excluding tert-OH is 1. The van der Waals surface area contributed by atoms with Crippen LogP contribution in [0.2, 0.25) is 5.02 Å². The Labute approximate surface area is 107 Å². The molecule has 0 unspecified atom stereocenters. The highest BCUT2D eigenvalue weighted by Gasteiger charge is 2.33. The van der Waals surface area contributed by atoms with Crippen molar-refractivity contribution in [2.45, 2.75) is 38.1 Å². The van der Waals surface area contributed by atoms with Crippen molar-refractivity contribution < 1.29 is 5.11 Å². The highest BCUT2D eigenvalue weighted by molar-refractivity contribution is 6.31. The molecule has 0 heterocycles. The smallest absolute Gasteiger partial charge is 0.0661 e. The highest BCUT2D eigenvalue weighted by atomic mass is 35.5. The van der Waals surface area contributed by atoms with Gasteiger partial charge in [-0.05, 0) is 37.5 Å². The summed E-state index contributed by atoms with van der Waals surface area (Å²) in [6.07, 6.45) is 4.25. The number of hydrogen-bond donors (Lipinski definition) is 3. The van der Waals surface area contributed by atoms with Gasteiger partial charge in [-0.2, -0.15) is 0 Å². The molecule has 1 saturated carbocycles. The standard InChI is InChI=1S/C13H19ClN2O/c1-9-10(14)4-5-11(15)12(9)16-13(8-17)6-2-3-7-13/h4-5,16-17H,2-3,6-8,15H2,1H3. The van der Waals surface area contributed by atoms with Gasteiger partial charge < -0.3 is 16.2 Å². The molecule has 0 radical (unpaired) electrons. The number of nitrogens with one attached hydrogen (secondary N) is 1. The van der Waals surface area contributed by atoms with Gasteiger partial charge in [0.1, 0.15) is 0 Å². The topological polar surface area (TPSA) is 58.3 Å². The average molecular weight is 255 g/mol. The van der Waals surface area contributed by atoms with E-state index in [4.69, 9.17) is 17.3 Å². The van der Waals surface area contributed by atoms with Gasteiger partial charge in [-0.25, -0.2) is 0 Å². The molecule has 2 rings (SSSR count). The Balaban J connectivity index is 2.32. The molecule has 0 bridgehead atoms. The van der Waals surface area contributed by atoms with E-state index in [-0.39, 0.29) is 12.1 Å². The zero-order valence-electron chi connectivity index (χ0n) is 10.1. The van der Waals surface area contributed by atoms with Crippen molar-refractivity contribution in [1.82, 2.24) is 0 Å². The molecule has 1 aromatic carbocycles. The number of benzene rings is 1. The van der Waals surface area contributed by atoms with Crippen LogP contribution in [0, 0.1) is 6.92 Å². The second-order valence-electron chi connectivity index (χ2n) is 4.91. The monoisotopic (exact) mass is 254 g/mol. The highest BCUT2D eigenvalue weighted by Crippen LogP contribution is 2.37. The second-order valence-corrected chi connectivity index (χ2v) is 5.31. The van der Waals surface area contributed by atoms with E-state index in [2.05, 4.69) is 5.32 Å². The molecule has 1 aliphatic carbocycles. The number of anilines is 2. The van der Waals surface area contributed by atoms with E-state index in [1.807, 2.05) is 6.92 Å². The molecular formula is C13H19ClN2O. The van der Waals surface area contributed by atoms with Crippen molar-refractivity contribution in [3.05, 3.63) is 22.7 Å². The predicted octanol–water partition coefficient (Wildman–Crippen LogP) is 2.95. The zero-order chi connectivity index (χ0) is 12.5. The minimum Gasteiger partial charge on any atom is -0.397 e. The lowest BCUT2D eigenvalue weighted by atomic mass is 9.97. The average Bonchev–Trinajstić information content (AvgIpc) is 2.79. The molecule has 0 saturated heterocycles. The maximum absolute atomic E-state index is 9.59. The normalized spacial score (nSPS) is 18.3. The third-order valence-electron chi connectivity index (χ3n) is 3.68. The Morgan fingerprint density at radius 1 is 1.41 bits per heavy atom. The summed E-state index contributed by atoms with van der Waals surface area (Å²) in [4.78, 5) is 0. The van der Waals surface area contributed by atoms with Gasteiger partial charge in [0.2, 0.25) is 0 Å². The van der Waals surface area contributed by atoms with Gasteiger partial charge in [-0.3, -0.25) is 0 Å². The first-order chi connectivity index (χ1) is 8.08. The lowest BCUT2D eigenvalue weighted by Gasteiger charge is -2.31. The van der Waals surface area contributed by atoms with E-state index >= 15 is 0 Å². The predicted molar refractivity (Wildman–Crippen MR) is 72.5 cm³/mol. The minimum absolute atomic E-state index is 0.137. The van der Waals surface area contributed by atoms with Gasteiger partial charge >= 0.3 is 0 Å². The van der Waals surface area contributed by atoms with Crippen LogP contribution in [0.25, 0.3) is 0 Å². The molecule has 0 aromatic heterocycles. The van der Waals surface area contributed by atoms with E-state index in [0.717, 1.165) is 36.9 Å². The Morgan fingerprint density at radius 3 is 2.65 bits per heavy atom. The summed E-state index contributed by atoms with van der Waals surface area (Å²) < 4.78 is 0. The zero-order valence-corrected chi connectivity index (χ0v) is 10.8. The van der Waals surface area contributed by atoms with Gasteiger partial charge in [0.25, 0.3) is 0 Å². The number of nitrogens with two attached hydrogens (primary N) is 1. The van der Waals surface area contributed by atoms with Crippen molar-refractivity contribution >= 4 is 23.0 Å². The van der Waals surface area contributed by atoms with E-state index in [9.17, 15) is 5.11 Å². The SMILES string of the molecule is Cc1c(Cl)ccc(N)c1NC1(CO)CCCC1. The fraction of sp³-hybridized carbons (Fsp3) is 0.538. The van der Waals surface area contributed by atoms with Crippen molar-refractivity contribution in [2.24, 2.45) is 0 Å². The molecule has 1 fully saturated rings. The summed E-state index contributed by atoms with van der Waals surface area (Å²) in [5.74, 6) is 0. The first-order valence-corrected chi connectivity index (χ1v) is 6.39. The van der Waals surface area contributed by atoms with Crippen LogP contribution in [-0.2, 0) is 0 Å². The first kappa shape index (κ1) is 12.5. The van der Waals surface area contributed by atoms with Crippen LogP contribution in [0.3, 0.4) is 0 Å². The molecule has 94 valence electrons. The lowest BCUT2D eigenvalue weighted by Crippen LogP contribution is -2.39. The number of halogens is 1. The van der Waals surface area contributed by atoms with E-state index < -0.39 is 0 Å². The van der Waals surface area contributed by atoms with Crippen LogP contribution in [-0.4, -0.2) is 17.3 Å². The summed E-state index contributed by atoms with van der Waals surface area (Å²) in [6.45, 7) is 2.08. The Morgan fingerprint density at radius 2 is 2.06 bits per heavy atom. The van der Waals surface area contributed by atoms with Gasteiger partial charge in [0.05, 0.1) is 23.5 Å². The van der Waals surface area contributed by atoms with E-state index in [0.29, 0.717) is 10.7 Å². The van der Waals surface area contributed by atoms with E-state index in [1.54, 1.807) is 12.1 Å². The lowest BCUT2D eigenvalue weighted by molar-refractivity contribution is 0.214. The molecule has 17 heavy (non-hydrogen) atoms. The van der Waals surface area contributed by atoms with Crippen LogP contribution in [0.5, 0.6) is 0 Å². The van der Waals surface area contributed by atoms with Crippen LogP contribution >= 0.6 is 11.6 Å². The van der Waals surface area contributed by atoms with E-state index in [1.165, 1.54) is 0 Å². The van der Waals surface area contributed by atoms with Gasteiger partial charge in [-0.15, -0.1) is 0 Å². The Kier molecular flexibility index (Phi) is 3.50. The van der Waals surface area contributed by atoms with Gasteiger partial charge in [0, 0.05) is 5.02 Å². The maximum Gasteiger partial charge on any atom is 0.0661 e. The molecule has 3 nitrogen and oxygen atoms in total. The largest absolute Gasteiger partial charge is 0.397 e. The summed E-state index contributed by atoms with van der Waals surface area (Å²) in [5, 5.41) is 13.7. The molecule has 1 aromatic rings. The number of rotatable bonds is 3. The molecular weight excluding hydrogens is 236 g/mol. The van der Waals surface area contributed by atoms with Gasteiger partial charge in [-0.1, -0.05) is 24.4 Å². The summed E-state index contributed by atoms with van der Waals surface area (Å²) in [5.41, 5.74) is 8.27. The minimum atomic E-state index is -0.219. The van der Waals surface area contributed by atoms with Crippen molar-refractivity contribution in [1.29, 1.82) is 0 Å². The van der Waals surface area contributed by atoms with Crippen molar-refractivity contribution in [3.8, 4) is 0 Å². The number of aliphatic hydroxyl groups is 1. The summed E-state index contributed by atoms with van der Waals surface area (Å²) in [7, 11) is 0. The number of hydrogen-bond acceptors (Lipinski definition) is 3. The molecule has 1 aliphatic rings. The fourth-order valence-electron chi connectivity index (χ4n) is 2.51. The quantitative estimate of drug-likeness (QED) is 0.727. The second kappa shape index (κ2) is 4.75. The first-order valence-electron chi connectivity index (χ1n) is 6.02. The third-order valence-corrected chi connectivity index (χ3v) is 4.09. The van der Waals surface area contributed by atoms with Gasteiger partial charge in [0.15, 0.2) is 0 Å². The summed E-state index contributed by atoms with van der Waals surface area (Å²) >= 11 is 6.10. The van der Waals surface area contributed by atoms with Crippen LogP contribution in [0.15, 0.2) is 12.1 Å². The third kappa shape index (κ3) is 2.35. The molecule has 0 spiro atoms. The Bertz CT molecular complexity index is 414. The van der Waals surface area contributed by atoms with Crippen LogP contribution < -0.4 is 11.1 Å². The van der Waals surface area contributed by atoms with Crippen LogP contribution in [0.4, 0.5) is 11.4 Å². The van der Waals surface area contributed by atoms with Crippen LogP contribution in [0.1, 0.15) is 31.2 Å². The molecule has 4 N–H and O–H groups in total. The summed E-state index contributed by atoms with van der Waals surface area (Å²) in [6, 6.07) is 3.61. The maximum atomic E-state index is 9.59. The fourth-order valence-corrected chi connectivity index (χ4v) is 2.67. The molecule has 4 heteroatoms. The molecule has 0 atom stereocenters. The Hall–Kier alpha value is -0.930. The molecule has 0 aliphatic heterocycles. The van der Waals surface area contributed by atoms with Crippen molar-refractivity contribution in [2.75, 3.05) is 17.7 Å². The number of nitrogen functional groups attached to an aromatic ring is 1. The van der Waals surface area contributed by atoms with Crippen molar-refractivity contribution in [3.63, 3.8) is 0 Å².